The predicted molar refractivity (Wildman–Crippen MR) is 120 cm³/mol. The molecule has 0 aliphatic carbocycles. The quantitative estimate of drug-likeness (QED) is 0.453. The van der Waals surface area contributed by atoms with Crippen molar-refractivity contribution >= 4 is 33.3 Å². The molecule has 156 valence electrons. The van der Waals surface area contributed by atoms with Gasteiger partial charge in [0.2, 0.25) is 5.76 Å². The smallest absolute Gasteiger partial charge is 0.297 e. The molecule has 0 N–H and O–H groups in total. The molecule has 3 heterocycles. The van der Waals surface area contributed by atoms with Gasteiger partial charge in [-0.25, -0.2) is 4.98 Å². The van der Waals surface area contributed by atoms with Crippen molar-refractivity contribution in [3.05, 3.63) is 86.2 Å². The summed E-state index contributed by atoms with van der Waals surface area (Å²) in [6.07, 6.45) is 0. The second-order valence-electron chi connectivity index (χ2n) is 7.39. The lowest BCUT2D eigenvalue weighted by Crippen LogP contribution is -2.29. The maximum Gasteiger partial charge on any atom is 0.297 e. The number of fused-ring (bicyclic) bond motifs is 2. The first kappa shape index (κ1) is 19.5. The molecular formula is C24H20N2O4S. The number of hydrogen-bond acceptors (Lipinski definition) is 6. The number of para-hydroxylation sites is 1. The largest absolute Gasteiger partial charge is 0.494 e. The van der Waals surface area contributed by atoms with Crippen LogP contribution in [0, 0.1) is 13.8 Å². The number of ether oxygens (including phenoxy) is 1. The van der Waals surface area contributed by atoms with E-state index in [2.05, 4.69) is 4.98 Å². The molecule has 0 saturated heterocycles. The second kappa shape index (κ2) is 7.35. The maximum absolute atomic E-state index is 13.5. The van der Waals surface area contributed by atoms with Crippen molar-refractivity contribution in [2.45, 2.75) is 26.8 Å². The van der Waals surface area contributed by atoms with Gasteiger partial charge in [0.25, 0.3) is 5.91 Å². The molecule has 1 aliphatic rings. The molecule has 0 saturated carbocycles. The minimum atomic E-state index is -0.621. The van der Waals surface area contributed by atoms with Gasteiger partial charge in [0.15, 0.2) is 10.6 Å². The number of anilines is 1. The van der Waals surface area contributed by atoms with E-state index in [1.807, 2.05) is 45.0 Å². The van der Waals surface area contributed by atoms with Crippen LogP contribution in [0.5, 0.6) is 5.75 Å². The van der Waals surface area contributed by atoms with Crippen LogP contribution in [-0.2, 0) is 0 Å². The van der Waals surface area contributed by atoms with E-state index < -0.39 is 6.04 Å². The summed E-state index contributed by atoms with van der Waals surface area (Å²) >= 11 is 1.43. The number of amides is 1. The highest BCUT2D eigenvalue weighted by Crippen LogP contribution is 2.43. The van der Waals surface area contributed by atoms with Crippen molar-refractivity contribution in [3.63, 3.8) is 0 Å². The normalized spacial score (nSPS) is 15.5. The Morgan fingerprint density at radius 1 is 1.10 bits per heavy atom. The zero-order valence-corrected chi connectivity index (χ0v) is 18.2. The number of aromatic nitrogens is 1. The van der Waals surface area contributed by atoms with Gasteiger partial charge < -0.3 is 9.15 Å². The number of carbonyl (C=O) groups is 1. The Hall–Kier alpha value is -3.45. The average molecular weight is 433 g/mol. The SMILES string of the molecule is CCOc1ccc(C2c3c(oc4ccccc4c3=O)C(=O)N2c2nc(C)c(C)s2)cc1. The Balaban J connectivity index is 1.76. The van der Waals surface area contributed by atoms with Gasteiger partial charge in [-0.1, -0.05) is 24.3 Å². The molecule has 0 bridgehead atoms. The summed E-state index contributed by atoms with van der Waals surface area (Å²) in [6.45, 7) is 6.36. The Bertz CT molecular complexity index is 1350. The van der Waals surface area contributed by atoms with Crippen LogP contribution in [0.15, 0.2) is 57.7 Å². The van der Waals surface area contributed by atoms with Crippen molar-refractivity contribution < 1.29 is 13.9 Å². The third kappa shape index (κ3) is 3.04. The van der Waals surface area contributed by atoms with E-state index in [0.717, 1.165) is 21.9 Å². The van der Waals surface area contributed by atoms with Crippen LogP contribution in [-0.4, -0.2) is 17.5 Å². The summed E-state index contributed by atoms with van der Waals surface area (Å²) in [5, 5.41) is 1.01. The van der Waals surface area contributed by atoms with Gasteiger partial charge >= 0.3 is 0 Å². The van der Waals surface area contributed by atoms with Gasteiger partial charge in [-0.3, -0.25) is 14.5 Å². The molecule has 5 rings (SSSR count). The predicted octanol–water partition coefficient (Wildman–Crippen LogP) is 5.01. The Morgan fingerprint density at radius 3 is 2.52 bits per heavy atom. The molecule has 2 aromatic carbocycles. The monoisotopic (exact) mass is 432 g/mol. The van der Waals surface area contributed by atoms with Crippen LogP contribution < -0.4 is 15.1 Å². The van der Waals surface area contributed by atoms with E-state index in [0.29, 0.717) is 28.3 Å². The van der Waals surface area contributed by atoms with Crippen molar-refractivity contribution in [3.8, 4) is 5.75 Å². The van der Waals surface area contributed by atoms with E-state index in [-0.39, 0.29) is 17.1 Å². The summed E-state index contributed by atoms with van der Waals surface area (Å²) in [5.74, 6) is 0.451. The molecule has 0 fully saturated rings. The van der Waals surface area contributed by atoms with Gasteiger partial charge in [0.05, 0.1) is 29.3 Å². The van der Waals surface area contributed by atoms with Crippen LogP contribution in [0.3, 0.4) is 0 Å². The highest BCUT2D eigenvalue weighted by molar-refractivity contribution is 7.15. The van der Waals surface area contributed by atoms with Gasteiger partial charge in [-0.15, -0.1) is 11.3 Å². The number of rotatable bonds is 4. The first-order valence-electron chi connectivity index (χ1n) is 10.1. The van der Waals surface area contributed by atoms with Gasteiger partial charge in [0, 0.05) is 4.88 Å². The lowest BCUT2D eigenvalue weighted by molar-refractivity contribution is 0.0971. The summed E-state index contributed by atoms with van der Waals surface area (Å²) in [4.78, 5) is 34.2. The van der Waals surface area contributed by atoms with Crippen LogP contribution >= 0.6 is 11.3 Å². The van der Waals surface area contributed by atoms with E-state index >= 15 is 0 Å². The molecule has 7 heteroatoms. The zero-order valence-electron chi connectivity index (χ0n) is 17.3. The van der Waals surface area contributed by atoms with Crippen LogP contribution in [0.2, 0.25) is 0 Å². The first-order chi connectivity index (χ1) is 15.0. The van der Waals surface area contributed by atoms with Gasteiger partial charge in [-0.05, 0) is 50.6 Å². The summed E-state index contributed by atoms with van der Waals surface area (Å²) < 4.78 is 11.5. The lowest BCUT2D eigenvalue weighted by Gasteiger charge is -2.22. The summed E-state index contributed by atoms with van der Waals surface area (Å²) in [6, 6.07) is 13.8. The summed E-state index contributed by atoms with van der Waals surface area (Å²) in [7, 11) is 0. The Labute approximate surface area is 182 Å². The van der Waals surface area contributed by atoms with Crippen molar-refractivity contribution in [2.75, 3.05) is 11.5 Å². The number of benzene rings is 2. The zero-order chi connectivity index (χ0) is 21.7. The third-order valence-electron chi connectivity index (χ3n) is 5.51. The average Bonchev–Trinajstić information content (AvgIpc) is 3.25. The van der Waals surface area contributed by atoms with E-state index in [4.69, 9.17) is 9.15 Å². The van der Waals surface area contributed by atoms with Crippen LogP contribution in [0.25, 0.3) is 11.0 Å². The Kier molecular flexibility index (Phi) is 4.63. The second-order valence-corrected chi connectivity index (χ2v) is 8.57. The molecule has 1 unspecified atom stereocenters. The van der Waals surface area contributed by atoms with Gasteiger partial charge in [0.1, 0.15) is 11.3 Å². The highest BCUT2D eigenvalue weighted by Gasteiger charge is 2.45. The minimum Gasteiger partial charge on any atom is -0.494 e. The number of nitrogens with zero attached hydrogens (tertiary/aromatic N) is 2. The fourth-order valence-corrected chi connectivity index (χ4v) is 4.84. The van der Waals surface area contributed by atoms with E-state index in [9.17, 15) is 9.59 Å². The molecule has 6 nitrogen and oxygen atoms in total. The minimum absolute atomic E-state index is 0.0769. The van der Waals surface area contributed by atoms with Gasteiger partial charge in [-0.2, -0.15) is 0 Å². The third-order valence-corrected chi connectivity index (χ3v) is 6.58. The molecule has 1 aliphatic heterocycles. The highest BCUT2D eigenvalue weighted by atomic mass is 32.1. The fraction of sp³-hybridized carbons (Fsp3) is 0.208. The molecule has 1 atom stereocenters. The molecule has 31 heavy (non-hydrogen) atoms. The van der Waals surface area contributed by atoms with Crippen molar-refractivity contribution in [2.24, 2.45) is 0 Å². The van der Waals surface area contributed by atoms with E-state index in [1.165, 1.54) is 11.3 Å². The molecule has 1 amide bonds. The van der Waals surface area contributed by atoms with Crippen molar-refractivity contribution in [1.82, 2.24) is 4.98 Å². The first-order valence-corrected chi connectivity index (χ1v) is 10.9. The summed E-state index contributed by atoms with van der Waals surface area (Å²) in [5.41, 5.74) is 2.20. The molecule has 4 aromatic rings. The van der Waals surface area contributed by atoms with Crippen LogP contribution in [0.4, 0.5) is 5.13 Å². The topological polar surface area (TPSA) is 72.6 Å². The standard InChI is InChI=1S/C24H20N2O4S/c1-4-29-16-11-9-15(10-12-16)20-19-21(27)17-7-5-6-8-18(17)30-22(19)23(28)26(20)24-25-13(2)14(3)31-24/h5-12,20H,4H2,1-3H3. The molecule has 0 spiro atoms. The lowest BCUT2D eigenvalue weighted by atomic mass is 9.98. The molecule has 0 radical (unpaired) electrons. The number of hydrogen-bond donors (Lipinski definition) is 0. The Morgan fingerprint density at radius 2 is 1.84 bits per heavy atom. The van der Waals surface area contributed by atoms with Crippen LogP contribution in [0.1, 0.15) is 45.2 Å². The molecule has 2 aromatic heterocycles. The molecular weight excluding hydrogens is 412 g/mol. The fourth-order valence-electron chi connectivity index (χ4n) is 3.90. The van der Waals surface area contributed by atoms with E-state index in [1.54, 1.807) is 29.2 Å². The number of aryl methyl sites for hydroxylation is 2. The number of carbonyl (C=O) groups excluding carboxylic acids is 1. The number of thiazole rings is 1. The van der Waals surface area contributed by atoms with Crippen molar-refractivity contribution in [1.29, 1.82) is 0 Å². The maximum atomic E-state index is 13.5.